The second-order valence-electron chi connectivity index (χ2n) is 6.92. The molecular weight excluding hydrogens is 256 g/mol. The normalized spacial score (nSPS) is 18.2. The third-order valence-corrected chi connectivity index (χ3v) is 3.88. The van der Waals surface area contributed by atoms with Crippen molar-refractivity contribution in [2.75, 3.05) is 13.6 Å². The quantitative estimate of drug-likeness (QED) is 0.923. The van der Waals surface area contributed by atoms with Gasteiger partial charge in [0.2, 0.25) is 0 Å². The van der Waals surface area contributed by atoms with E-state index in [0.717, 1.165) is 25.7 Å². The molecule has 0 radical (unpaired) electrons. The molecule has 5 heteroatoms. The minimum atomic E-state index is -0.735. The average molecular weight is 280 g/mol. The molecule has 0 unspecified atom stereocenters. The zero-order chi connectivity index (χ0) is 15.0. The maximum atomic E-state index is 12.3. The van der Waals surface area contributed by atoms with E-state index in [2.05, 4.69) is 5.16 Å². The smallest absolute Gasteiger partial charge is 0.275 e. The number of amides is 1. The zero-order valence-electron chi connectivity index (χ0n) is 12.8. The summed E-state index contributed by atoms with van der Waals surface area (Å²) in [6.45, 7) is 6.37. The molecule has 112 valence electrons. The predicted molar refractivity (Wildman–Crippen MR) is 75.6 cm³/mol. The zero-order valence-corrected chi connectivity index (χ0v) is 12.8. The lowest BCUT2D eigenvalue weighted by atomic mass is 9.93. The van der Waals surface area contributed by atoms with E-state index >= 15 is 0 Å². The van der Waals surface area contributed by atoms with Crippen LogP contribution in [0.1, 0.15) is 62.7 Å². The third-order valence-electron chi connectivity index (χ3n) is 3.88. The summed E-state index contributed by atoms with van der Waals surface area (Å²) in [4.78, 5) is 13.8. The largest absolute Gasteiger partial charge is 0.388 e. The van der Waals surface area contributed by atoms with Gasteiger partial charge in [0.15, 0.2) is 5.69 Å². The van der Waals surface area contributed by atoms with Crippen molar-refractivity contribution in [3.05, 3.63) is 17.5 Å². The van der Waals surface area contributed by atoms with Crippen molar-refractivity contribution in [3.63, 3.8) is 0 Å². The van der Waals surface area contributed by atoms with Crippen molar-refractivity contribution < 1.29 is 14.4 Å². The molecule has 0 aromatic carbocycles. The summed E-state index contributed by atoms with van der Waals surface area (Å²) in [5, 5.41) is 14.2. The molecule has 1 aliphatic carbocycles. The number of aliphatic hydroxyl groups is 1. The van der Waals surface area contributed by atoms with Crippen molar-refractivity contribution in [3.8, 4) is 0 Å². The van der Waals surface area contributed by atoms with E-state index in [9.17, 15) is 9.90 Å². The van der Waals surface area contributed by atoms with E-state index in [-0.39, 0.29) is 11.3 Å². The molecule has 1 aromatic rings. The Morgan fingerprint density at radius 3 is 2.55 bits per heavy atom. The standard InChI is InChI=1S/C15H24N2O3/c1-14(2,3)12-9-11(16-20-12)13(18)17(4)10-15(19)7-5-6-8-15/h9,19H,5-8,10H2,1-4H3. The van der Waals surface area contributed by atoms with Crippen LogP contribution in [-0.2, 0) is 5.41 Å². The molecule has 1 saturated carbocycles. The number of aromatic nitrogens is 1. The average Bonchev–Trinajstić information content (AvgIpc) is 2.96. The lowest BCUT2D eigenvalue weighted by Crippen LogP contribution is -2.42. The highest BCUT2D eigenvalue weighted by Gasteiger charge is 2.34. The molecule has 1 fully saturated rings. The number of nitrogens with zero attached hydrogens (tertiary/aromatic N) is 2. The number of carbonyl (C=O) groups excluding carboxylic acids is 1. The van der Waals surface area contributed by atoms with Gasteiger partial charge in [-0.2, -0.15) is 0 Å². The molecule has 0 saturated heterocycles. The fourth-order valence-electron chi connectivity index (χ4n) is 2.63. The Hall–Kier alpha value is -1.36. The van der Waals surface area contributed by atoms with E-state index in [0.29, 0.717) is 18.0 Å². The molecule has 1 amide bonds. The number of rotatable bonds is 3. The van der Waals surface area contributed by atoms with Crippen LogP contribution in [0.4, 0.5) is 0 Å². The Morgan fingerprint density at radius 2 is 2.05 bits per heavy atom. The van der Waals surface area contributed by atoms with Gasteiger partial charge in [-0.1, -0.05) is 38.8 Å². The van der Waals surface area contributed by atoms with Gasteiger partial charge in [0.05, 0.1) is 5.60 Å². The molecule has 1 N–H and O–H groups in total. The monoisotopic (exact) mass is 280 g/mol. The molecule has 20 heavy (non-hydrogen) atoms. The van der Waals surface area contributed by atoms with Crippen LogP contribution in [0.5, 0.6) is 0 Å². The van der Waals surface area contributed by atoms with E-state index in [1.54, 1.807) is 13.1 Å². The third kappa shape index (κ3) is 3.20. The molecule has 1 aliphatic rings. The number of hydrogen-bond donors (Lipinski definition) is 1. The molecule has 2 rings (SSSR count). The van der Waals surface area contributed by atoms with Crippen LogP contribution in [0.3, 0.4) is 0 Å². The highest BCUT2D eigenvalue weighted by atomic mass is 16.5. The van der Waals surface area contributed by atoms with Crippen molar-refractivity contribution in [1.82, 2.24) is 10.1 Å². The van der Waals surface area contributed by atoms with E-state index < -0.39 is 5.60 Å². The first-order valence-corrected chi connectivity index (χ1v) is 7.16. The summed E-state index contributed by atoms with van der Waals surface area (Å²) in [6.07, 6.45) is 3.57. The number of carbonyl (C=O) groups is 1. The Bertz CT molecular complexity index is 482. The molecular formula is C15H24N2O3. The summed E-state index contributed by atoms with van der Waals surface area (Å²) in [6, 6.07) is 1.69. The molecule has 0 atom stereocenters. The van der Waals surface area contributed by atoms with Crippen LogP contribution >= 0.6 is 0 Å². The summed E-state index contributed by atoms with van der Waals surface area (Å²) in [5.41, 5.74) is -0.603. The first kappa shape index (κ1) is 15.0. The van der Waals surface area contributed by atoms with Crippen molar-refractivity contribution in [1.29, 1.82) is 0 Å². The van der Waals surface area contributed by atoms with Crippen LogP contribution < -0.4 is 0 Å². The van der Waals surface area contributed by atoms with Crippen LogP contribution in [0.25, 0.3) is 0 Å². The number of likely N-dealkylation sites (N-methyl/N-ethyl adjacent to an activating group) is 1. The van der Waals surface area contributed by atoms with E-state index in [1.165, 1.54) is 4.90 Å². The van der Waals surface area contributed by atoms with Gasteiger partial charge in [-0.05, 0) is 12.8 Å². The van der Waals surface area contributed by atoms with Gasteiger partial charge in [-0.3, -0.25) is 4.79 Å². The van der Waals surface area contributed by atoms with Crippen LogP contribution in [0.2, 0.25) is 0 Å². The van der Waals surface area contributed by atoms with Crippen molar-refractivity contribution in [2.24, 2.45) is 0 Å². The lowest BCUT2D eigenvalue weighted by Gasteiger charge is -2.28. The first-order valence-electron chi connectivity index (χ1n) is 7.16. The number of hydrogen-bond acceptors (Lipinski definition) is 4. The summed E-state index contributed by atoms with van der Waals surface area (Å²) >= 11 is 0. The Labute approximate surface area is 119 Å². The summed E-state index contributed by atoms with van der Waals surface area (Å²) in [5.74, 6) is 0.485. The van der Waals surface area contributed by atoms with Crippen LogP contribution in [0, 0.1) is 0 Å². The molecule has 0 aliphatic heterocycles. The Morgan fingerprint density at radius 1 is 1.45 bits per heavy atom. The maximum absolute atomic E-state index is 12.3. The molecule has 5 nitrogen and oxygen atoms in total. The Kier molecular flexibility index (Phi) is 3.91. The maximum Gasteiger partial charge on any atom is 0.275 e. The van der Waals surface area contributed by atoms with Gasteiger partial charge in [0, 0.05) is 25.1 Å². The van der Waals surface area contributed by atoms with Crippen LogP contribution in [0.15, 0.2) is 10.6 Å². The summed E-state index contributed by atoms with van der Waals surface area (Å²) in [7, 11) is 1.70. The molecule has 0 spiro atoms. The van der Waals surface area contributed by atoms with Gasteiger partial charge >= 0.3 is 0 Å². The predicted octanol–water partition coefficient (Wildman–Crippen LogP) is 2.35. The SMILES string of the molecule is CN(CC1(O)CCCC1)C(=O)c1cc(C(C)(C)C)on1. The van der Waals surface area contributed by atoms with E-state index in [1.807, 2.05) is 20.8 Å². The Balaban J connectivity index is 2.05. The van der Waals surface area contributed by atoms with Crippen molar-refractivity contribution >= 4 is 5.91 Å². The molecule has 0 bridgehead atoms. The fourth-order valence-corrected chi connectivity index (χ4v) is 2.63. The first-order chi connectivity index (χ1) is 9.21. The minimum Gasteiger partial charge on any atom is -0.388 e. The van der Waals surface area contributed by atoms with Gasteiger partial charge in [0.25, 0.3) is 5.91 Å². The van der Waals surface area contributed by atoms with Gasteiger partial charge in [-0.25, -0.2) is 0 Å². The molecule has 1 aromatic heterocycles. The van der Waals surface area contributed by atoms with Gasteiger partial charge in [0.1, 0.15) is 5.76 Å². The summed E-state index contributed by atoms with van der Waals surface area (Å²) < 4.78 is 5.24. The topological polar surface area (TPSA) is 66.6 Å². The van der Waals surface area contributed by atoms with E-state index in [4.69, 9.17) is 4.52 Å². The van der Waals surface area contributed by atoms with Gasteiger partial charge < -0.3 is 14.5 Å². The molecule has 1 heterocycles. The highest BCUT2D eigenvalue weighted by molar-refractivity contribution is 5.92. The lowest BCUT2D eigenvalue weighted by molar-refractivity contribution is 0.0153. The van der Waals surface area contributed by atoms with Gasteiger partial charge in [-0.15, -0.1) is 0 Å². The second kappa shape index (κ2) is 5.20. The second-order valence-corrected chi connectivity index (χ2v) is 6.92. The van der Waals surface area contributed by atoms with Crippen molar-refractivity contribution in [2.45, 2.75) is 57.5 Å². The van der Waals surface area contributed by atoms with Crippen LogP contribution in [-0.4, -0.2) is 40.3 Å². The fraction of sp³-hybridized carbons (Fsp3) is 0.733. The minimum absolute atomic E-state index is 0.173. The highest BCUT2D eigenvalue weighted by Crippen LogP contribution is 2.30.